The Morgan fingerprint density at radius 3 is 2.55 bits per heavy atom. The molecule has 2 aliphatic rings. The van der Waals surface area contributed by atoms with Gasteiger partial charge in [0, 0.05) is 12.6 Å². The van der Waals surface area contributed by atoms with Gasteiger partial charge in [0.25, 0.3) is 0 Å². The Bertz CT molecular complexity index is 460. The summed E-state index contributed by atoms with van der Waals surface area (Å²) in [5, 5.41) is 0. The van der Waals surface area contributed by atoms with E-state index in [1.165, 1.54) is 50.6 Å². The summed E-state index contributed by atoms with van der Waals surface area (Å²) < 4.78 is 0. The van der Waals surface area contributed by atoms with Gasteiger partial charge in [0.2, 0.25) is 0 Å². The van der Waals surface area contributed by atoms with Gasteiger partial charge in [0.15, 0.2) is 0 Å². The normalized spacial score (nSPS) is 30.5. The highest BCUT2D eigenvalue weighted by Gasteiger charge is 2.39. The SMILES string of the molecule is C=CC[C@@H]1[C@@H](C2CCCC2)CCN(Cc2ccccc2)[C@H]1C. The molecule has 0 aromatic heterocycles. The summed E-state index contributed by atoms with van der Waals surface area (Å²) in [6.07, 6.45) is 10.6. The lowest BCUT2D eigenvalue weighted by molar-refractivity contribution is 0.0279. The summed E-state index contributed by atoms with van der Waals surface area (Å²) in [6, 6.07) is 11.6. The molecule has 1 aromatic carbocycles. The van der Waals surface area contributed by atoms with E-state index >= 15 is 0 Å². The Morgan fingerprint density at radius 2 is 1.86 bits per heavy atom. The van der Waals surface area contributed by atoms with Gasteiger partial charge in [-0.05, 0) is 49.6 Å². The van der Waals surface area contributed by atoms with Crippen molar-refractivity contribution in [1.82, 2.24) is 4.90 Å². The third kappa shape index (κ3) is 3.46. The molecule has 0 N–H and O–H groups in total. The van der Waals surface area contributed by atoms with Crippen LogP contribution in [0, 0.1) is 17.8 Å². The molecule has 0 amide bonds. The quantitative estimate of drug-likeness (QED) is 0.668. The fourth-order valence-corrected chi connectivity index (χ4v) is 4.94. The van der Waals surface area contributed by atoms with Crippen LogP contribution in [-0.4, -0.2) is 17.5 Å². The van der Waals surface area contributed by atoms with E-state index in [9.17, 15) is 0 Å². The number of hydrogen-bond acceptors (Lipinski definition) is 1. The van der Waals surface area contributed by atoms with Gasteiger partial charge in [-0.25, -0.2) is 0 Å². The van der Waals surface area contributed by atoms with Gasteiger partial charge < -0.3 is 0 Å². The van der Waals surface area contributed by atoms with Crippen molar-refractivity contribution in [2.75, 3.05) is 6.54 Å². The molecule has 1 saturated heterocycles. The predicted molar refractivity (Wildman–Crippen MR) is 94.7 cm³/mol. The van der Waals surface area contributed by atoms with E-state index in [0.717, 1.165) is 24.3 Å². The average molecular weight is 297 g/mol. The summed E-state index contributed by atoms with van der Waals surface area (Å²) in [6.45, 7) is 8.87. The van der Waals surface area contributed by atoms with Crippen LogP contribution in [0.25, 0.3) is 0 Å². The van der Waals surface area contributed by atoms with Crippen molar-refractivity contribution in [3.8, 4) is 0 Å². The smallest absolute Gasteiger partial charge is 0.0236 e. The molecule has 2 fully saturated rings. The summed E-state index contributed by atoms with van der Waals surface area (Å²) >= 11 is 0. The van der Waals surface area contributed by atoms with Crippen molar-refractivity contribution in [3.63, 3.8) is 0 Å². The molecular weight excluding hydrogens is 266 g/mol. The van der Waals surface area contributed by atoms with Gasteiger partial charge in [-0.15, -0.1) is 6.58 Å². The fraction of sp³-hybridized carbons (Fsp3) is 0.619. The Morgan fingerprint density at radius 1 is 1.14 bits per heavy atom. The van der Waals surface area contributed by atoms with E-state index < -0.39 is 0 Å². The van der Waals surface area contributed by atoms with Gasteiger partial charge in [0.05, 0.1) is 0 Å². The monoisotopic (exact) mass is 297 g/mol. The number of nitrogens with zero attached hydrogens (tertiary/aromatic N) is 1. The lowest BCUT2D eigenvalue weighted by Crippen LogP contribution is -2.48. The topological polar surface area (TPSA) is 3.24 Å². The van der Waals surface area contributed by atoms with Gasteiger partial charge >= 0.3 is 0 Å². The first-order chi connectivity index (χ1) is 10.8. The van der Waals surface area contributed by atoms with E-state index in [4.69, 9.17) is 0 Å². The molecule has 1 heteroatoms. The molecule has 1 aromatic rings. The van der Waals surface area contributed by atoms with Crippen LogP contribution in [-0.2, 0) is 6.54 Å². The Hall–Kier alpha value is -1.08. The molecule has 22 heavy (non-hydrogen) atoms. The number of hydrogen-bond donors (Lipinski definition) is 0. The molecule has 1 nitrogen and oxygen atoms in total. The Kier molecular flexibility index (Phi) is 5.36. The first-order valence-electron chi connectivity index (χ1n) is 9.18. The van der Waals surface area contributed by atoms with Crippen molar-refractivity contribution in [2.24, 2.45) is 17.8 Å². The zero-order valence-corrected chi connectivity index (χ0v) is 14.1. The van der Waals surface area contributed by atoms with E-state index in [-0.39, 0.29) is 0 Å². The molecule has 0 unspecified atom stereocenters. The van der Waals surface area contributed by atoms with Gasteiger partial charge in [-0.1, -0.05) is 62.1 Å². The average Bonchev–Trinajstić information content (AvgIpc) is 3.07. The molecule has 3 atom stereocenters. The maximum Gasteiger partial charge on any atom is 0.0236 e. The standard InChI is InChI=1S/C21H31N/c1-3-9-20-17(2)22(16-18-10-5-4-6-11-18)15-14-21(20)19-12-7-8-13-19/h3-6,10-11,17,19-21H,1,7-9,12-16H2,2H3/t17-,20-,21+/m0/s1. The molecule has 0 bridgehead atoms. The van der Waals surface area contributed by atoms with Crippen molar-refractivity contribution >= 4 is 0 Å². The predicted octanol–water partition coefficient (Wildman–Crippen LogP) is 5.28. The molecule has 0 radical (unpaired) electrons. The lowest BCUT2D eigenvalue weighted by Gasteiger charge is -2.46. The molecule has 1 heterocycles. The summed E-state index contributed by atoms with van der Waals surface area (Å²) in [5.74, 6) is 2.73. The summed E-state index contributed by atoms with van der Waals surface area (Å²) in [7, 11) is 0. The fourth-order valence-electron chi connectivity index (χ4n) is 4.94. The highest BCUT2D eigenvalue weighted by Crippen LogP contribution is 2.43. The molecule has 0 spiro atoms. The van der Waals surface area contributed by atoms with Crippen molar-refractivity contribution in [1.29, 1.82) is 0 Å². The third-order valence-corrected chi connectivity index (χ3v) is 6.17. The van der Waals surface area contributed by atoms with Crippen molar-refractivity contribution in [3.05, 3.63) is 48.6 Å². The molecular formula is C21H31N. The number of allylic oxidation sites excluding steroid dienone is 1. The van der Waals surface area contributed by atoms with Gasteiger partial charge in [-0.2, -0.15) is 0 Å². The van der Waals surface area contributed by atoms with Crippen LogP contribution >= 0.6 is 0 Å². The Labute approximate surface area is 136 Å². The molecule has 1 saturated carbocycles. The van der Waals surface area contributed by atoms with E-state index in [2.05, 4.69) is 54.8 Å². The highest BCUT2D eigenvalue weighted by atomic mass is 15.2. The second-order valence-corrected chi connectivity index (χ2v) is 7.38. The minimum atomic E-state index is 0.678. The molecule has 120 valence electrons. The third-order valence-electron chi connectivity index (χ3n) is 6.17. The van der Waals surface area contributed by atoms with E-state index in [1.54, 1.807) is 0 Å². The second kappa shape index (κ2) is 7.46. The first kappa shape index (κ1) is 15.8. The van der Waals surface area contributed by atoms with E-state index in [1.807, 2.05) is 0 Å². The lowest BCUT2D eigenvalue weighted by atomic mass is 9.71. The van der Waals surface area contributed by atoms with Crippen LogP contribution < -0.4 is 0 Å². The van der Waals surface area contributed by atoms with Gasteiger partial charge in [-0.3, -0.25) is 4.90 Å². The Balaban J connectivity index is 1.69. The molecule has 1 aliphatic heterocycles. The van der Waals surface area contributed by atoms with Crippen LogP contribution in [0.1, 0.15) is 51.0 Å². The maximum absolute atomic E-state index is 4.04. The molecule has 3 rings (SSSR count). The van der Waals surface area contributed by atoms with Crippen LogP contribution in [0.5, 0.6) is 0 Å². The van der Waals surface area contributed by atoms with Crippen LogP contribution in [0.4, 0.5) is 0 Å². The maximum atomic E-state index is 4.04. The van der Waals surface area contributed by atoms with E-state index in [0.29, 0.717) is 6.04 Å². The number of piperidine rings is 1. The highest BCUT2D eigenvalue weighted by molar-refractivity contribution is 5.15. The van der Waals surface area contributed by atoms with Gasteiger partial charge in [0.1, 0.15) is 0 Å². The minimum Gasteiger partial charge on any atom is -0.296 e. The molecule has 1 aliphatic carbocycles. The minimum absolute atomic E-state index is 0.678. The van der Waals surface area contributed by atoms with Crippen molar-refractivity contribution < 1.29 is 0 Å². The number of rotatable bonds is 5. The van der Waals surface area contributed by atoms with Crippen LogP contribution in [0.3, 0.4) is 0 Å². The van der Waals surface area contributed by atoms with Crippen molar-refractivity contribution in [2.45, 2.75) is 58.0 Å². The van der Waals surface area contributed by atoms with Crippen LogP contribution in [0.2, 0.25) is 0 Å². The summed E-state index contributed by atoms with van der Waals surface area (Å²) in [5.41, 5.74) is 1.45. The van der Waals surface area contributed by atoms with Crippen LogP contribution in [0.15, 0.2) is 43.0 Å². The first-order valence-corrected chi connectivity index (χ1v) is 9.18. The second-order valence-electron chi connectivity index (χ2n) is 7.38. The largest absolute Gasteiger partial charge is 0.296 e. The zero-order chi connectivity index (χ0) is 15.4. The summed E-state index contributed by atoms with van der Waals surface area (Å²) in [4.78, 5) is 2.70. The number of likely N-dealkylation sites (tertiary alicyclic amines) is 1. The number of benzene rings is 1. The zero-order valence-electron chi connectivity index (χ0n) is 14.1.